The Morgan fingerprint density at radius 2 is 1.94 bits per heavy atom. The summed E-state index contributed by atoms with van der Waals surface area (Å²) in [6.07, 6.45) is 0. The number of hydrogen-bond acceptors (Lipinski definition) is 3. The highest BCUT2D eigenvalue weighted by atomic mass is 79.9. The van der Waals surface area contributed by atoms with E-state index < -0.39 is 20.4 Å². The summed E-state index contributed by atoms with van der Waals surface area (Å²) in [5.41, 5.74) is 0. The average Bonchev–Trinajstić information content (AvgIpc) is 2.21. The van der Waals surface area contributed by atoms with E-state index in [0.717, 1.165) is 0 Å². The van der Waals surface area contributed by atoms with E-state index >= 15 is 0 Å². The van der Waals surface area contributed by atoms with Gasteiger partial charge in [-0.2, -0.15) is 0 Å². The summed E-state index contributed by atoms with van der Waals surface area (Å²) in [6, 6.07) is 4.28. The van der Waals surface area contributed by atoms with E-state index in [1.54, 1.807) is 26.8 Å². The second kappa shape index (κ2) is 5.57. The molecule has 1 aromatic carbocycles. The first kappa shape index (κ1) is 15.4. The summed E-state index contributed by atoms with van der Waals surface area (Å²) < 4.78 is 42.0. The summed E-state index contributed by atoms with van der Waals surface area (Å²) >= 11 is 3.19. The van der Waals surface area contributed by atoms with E-state index in [2.05, 4.69) is 15.9 Å². The van der Waals surface area contributed by atoms with Gasteiger partial charge in [0.05, 0.1) is 10.5 Å². The maximum Gasteiger partial charge on any atom is 0.165 e. The summed E-state index contributed by atoms with van der Waals surface area (Å²) in [5, 5.41) is 0. The molecule has 0 heterocycles. The Hall–Kier alpha value is -0.620. The van der Waals surface area contributed by atoms with Gasteiger partial charge in [0.25, 0.3) is 0 Å². The number of benzene rings is 1. The van der Waals surface area contributed by atoms with Gasteiger partial charge in [0.1, 0.15) is 6.61 Å². The summed E-state index contributed by atoms with van der Waals surface area (Å²) in [5.74, 6) is -0.595. The fraction of sp³-hybridized carbons (Fsp3) is 0.500. The second-order valence-electron chi connectivity index (χ2n) is 4.85. The van der Waals surface area contributed by atoms with Crippen LogP contribution in [0.25, 0.3) is 0 Å². The molecular formula is C12H16BrFO3S. The number of halogens is 2. The van der Waals surface area contributed by atoms with Crippen molar-refractivity contribution in [2.45, 2.75) is 25.5 Å². The van der Waals surface area contributed by atoms with Gasteiger partial charge < -0.3 is 4.74 Å². The number of hydrogen-bond donors (Lipinski definition) is 0. The Morgan fingerprint density at radius 3 is 2.50 bits per heavy atom. The molecule has 0 fully saturated rings. The molecule has 0 aliphatic heterocycles. The Balaban J connectivity index is 2.65. The van der Waals surface area contributed by atoms with Gasteiger partial charge in [-0.1, -0.05) is 15.9 Å². The zero-order valence-electron chi connectivity index (χ0n) is 10.5. The van der Waals surface area contributed by atoms with Gasteiger partial charge >= 0.3 is 0 Å². The summed E-state index contributed by atoms with van der Waals surface area (Å²) in [7, 11) is -3.25. The number of ether oxygens (including phenoxy) is 1. The molecule has 0 spiro atoms. The van der Waals surface area contributed by atoms with Crippen molar-refractivity contribution in [3.63, 3.8) is 0 Å². The third-order valence-corrected chi connectivity index (χ3v) is 5.50. The Morgan fingerprint density at radius 1 is 1.33 bits per heavy atom. The van der Waals surface area contributed by atoms with Crippen molar-refractivity contribution in [3.05, 3.63) is 28.5 Å². The monoisotopic (exact) mass is 338 g/mol. The van der Waals surface area contributed by atoms with Crippen LogP contribution in [0, 0.1) is 5.82 Å². The first-order valence-corrected chi connectivity index (χ1v) is 7.88. The predicted molar refractivity (Wildman–Crippen MR) is 73.1 cm³/mol. The highest BCUT2D eigenvalue weighted by Gasteiger charge is 2.28. The van der Waals surface area contributed by atoms with Crippen LogP contribution in [0.4, 0.5) is 4.39 Å². The van der Waals surface area contributed by atoms with Crippen LogP contribution in [0.5, 0.6) is 5.75 Å². The molecule has 0 aliphatic rings. The average molecular weight is 339 g/mol. The molecule has 0 aliphatic carbocycles. The van der Waals surface area contributed by atoms with E-state index in [9.17, 15) is 12.8 Å². The van der Waals surface area contributed by atoms with Crippen molar-refractivity contribution in [1.82, 2.24) is 0 Å². The predicted octanol–water partition coefficient (Wildman–Crippen LogP) is 3.18. The van der Waals surface area contributed by atoms with Crippen molar-refractivity contribution >= 4 is 25.8 Å². The molecule has 0 N–H and O–H groups in total. The molecule has 6 heteroatoms. The lowest BCUT2D eigenvalue weighted by Crippen LogP contribution is -2.32. The van der Waals surface area contributed by atoms with Crippen molar-refractivity contribution < 1.29 is 17.5 Å². The minimum atomic E-state index is -3.25. The lowest BCUT2D eigenvalue weighted by atomic mass is 10.3. The van der Waals surface area contributed by atoms with Crippen LogP contribution < -0.4 is 4.74 Å². The Labute approximate surface area is 115 Å². The molecule has 3 nitrogen and oxygen atoms in total. The van der Waals surface area contributed by atoms with E-state index in [4.69, 9.17) is 4.74 Å². The SMILES string of the molecule is CC(C)(C)S(=O)(=O)CCOc1cc(Br)ccc1F. The van der Waals surface area contributed by atoms with Crippen LogP contribution in [-0.4, -0.2) is 25.5 Å². The molecule has 0 bridgehead atoms. The van der Waals surface area contributed by atoms with Gasteiger partial charge in [0.15, 0.2) is 21.4 Å². The Kier molecular flexibility index (Phi) is 4.78. The standard InChI is InChI=1S/C12H16BrFO3S/c1-12(2,3)18(15,16)7-6-17-11-8-9(13)4-5-10(11)14/h4-5,8H,6-7H2,1-3H3. The van der Waals surface area contributed by atoms with Crippen LogP contribution in [-0.2, 0) is 9.84 Å². The molecule has 1 rings (SSSR count). The normalized spacial score (nSPS) is 12.5. The molecule has 0 amide bonds. The first-order chi connectivity index (χ1) is 8.13. The lowest BCUT2D eigenvalue weighted by molar-refractivity contribution is 0.321. The topological polar surface area (TPSA) is 43.4 Å². The number of sulfone groups is 1. The first-order valence-electron chi connectivity index (χ1n) is 5.43. The molecule has 102 valence electrons. The van der Waals surface area contributed by atoms with Gasteiger partial charge in [-0.15, -0.1) is 0 Å². The molecule has 0 saturated heterocycles. The summed E-state index contributed by atoms with van der Waals surface area (Å²) in [4.78, 5) is 0. The molecule has 0 unspecified atom stereocenters. The third-order valence-electron chi connectivity index (χ3n) is 2.44. The highest BCUT2D eigenvalue weighted by Crippen LogP contribution is 2.22. The molecule has 0 atom stereocenters. The second-order valence-corrected chi connectivity index (χ2v) is 8.63. The smallest absolute Gasteiger partial charge is 0.165 e. The molecular weight excluding hydrogens is 323 g/mol. The quantitative estimate of drug-likeness (QED) is 0.846. The van der Waals surface area contributed by atoms with Crippen LogP contribution in [0.1, 0.15) is 20.8 Å². The van der Waals surface area contributed by atoms with E-state index in [-0.39, 0.29) is 18.1 Å². The van der Waals surface area contributed by atoms with E-state index in [1.807, 2.05) is 0 Å². The molecule has 0 aromatic heterocycles. The van der Waals surface area contributed by atoms with Crippen molar-refractivity contribution in [1.29, 1.82) is 0 Å². The fourth-order valence-electron chi connectivity index (χ4n) is 1.16. The largest absolute Gasteiger partial charge is 0.489 e. The third kappa shape index (κ3) is 3.95. The van der Waals surface area contributed by atoms with Gasteiger partial charge in [-0.05, 0) is 39.0 Å². The van der Waals surface area contributed by atoms with Crippen LogP contribution in [0.2, 0.25) is 0 Å². The van der Waals surface area contributed by atoms with Crippen LogP contribution >= 0.6 is 15.9 Å². The maximum absolute atomic E-state index is 13.3. The van der Waals surface area contributed by atoms with Crippen molar-refractivity contribution in [2.75, 3.05) is 12.4 Å². The van der Waals surface area contributed by atoms with Crippen molar-refractivity contribution in [3.8, 4) is 5.75 Å². The fourth-order valence-corrected chi connectivity index (χ4v) is 2.41. The minimum Gasteiger partial charge on any atom is -0.489 e. The molecule has 0 saturated carbocycles. The van der Waals surface area contributed by atoms with Crippen LogP contribution in [0.15, 0.2) is 22.7 Å². The zero-order chi connectivity index (χ0) is 14.0. The van der Waals surface area contributed by atoms with E-state index in [1.165, 1.54) is 12.1 Å². The van der Waals surface area contributed by atoms with Gasteiger partial charge in [-0.25, -0.2) is 12.8 Å². The lowest BCUT2D eigenvalue weighted by Gasteiger charge is -2.19. The van der Waals surface area contributed by atoms with Crippen molar-refractivity contribution in [2.24, 2.45) is 0 Å². The molecule has 18 heavy (non-hydrogen) atoms. The van der Waals surface area contributed by atoms with Crippen LogP contribution in [0.3, 0.4) is 0 Å². The van der Waals surface area contributed by atoms with Gasteiger partial charge in [0.2, 0.25) is 0 Å². The summed E-state index contributed by atoms with van der Waals surface area (Å²) in [6.45, 7) is 4.82. The van der Waals surface area contributed by atoms with Gasteiger partial charge in [-0.3, -0.25) is 0 Å². The maximum atomic E-state index is 13.3. The minimum absolute atomic E-state index is 0.0495. The number of rotatable bonds is 4. The molecule has 1 aromatic rings. The Bertz CT molecular complexity index is 521. The van der Waals surface area contributed by atoms with Gasteiger partial charge in [0, 0.05) is 4.47 Å². The highest BCUT2D eigenvalue weighted by molar-refractivity contribution is 9.10. The van der Waals surface area contributed by atoms with E-state index in [0.29, 0.717) is 4.47 Å². The zero-order valence-corrected chi connectivity index (χ0v) is 12.9. The molecule has 0 radical (unpaired) electrons.